The van der Waals surface area contributed by atoms with Gasteiger partial charge in [0.05, 0.1) is 23.4 Å². The highest BCUT2D eigenvalue weighted by Crippen LogP contribution is 2.39. The third-order valence-corrected chi connectivity index (χ3v) is 4.09. The predicted molar refractivity (Wildman–Crippen MR) is 62.5 cm³/mol. The van der Waals surface area contributed by atoms with Crippen molar-refractivity contribution >= 4 is 17.2 Å². The standard InChI is InChI=1S/C11H16N2O2S/c1-7-9(16-6-12-7)10(15)13-11(2,5-14)8-3-4-8/h6,8,14H,3-5H2,1-2H3,(H,13,15). The van der Waals surface area contributed by atoms with Crippen molar-refractivity contribution in [3.8, 4) is 0 Å². The van der Waals surface area contributed by atoms with E-state index in [1.165, 1.54) is 11.3 Å². The molecule has 1 unspecified atom stereocenters. The molecule has 1 aliphatic carbocycles. The van der Waals surface area contributed by atoms with Crippen molar-refractivity contribution in [3.05, 3.63) is 16.1 Å². The van der Waals surface area contributed by atoms with Gasteiger partial charge in [0, 0.05) is 0 Å². The van der Waals surface area contributed by atoms with E-state index in [0.717, 1.165) is 18.5 Å². The van der Waals surface area contributed by atoms with E-state index < -0.39 is 5.54 Å². The second-order valence-electron chi connectivity index (χ2n) is 4.57. The molecular weight excluding hydrogens is 224 g/mol. The average molecular weight is 240 g/mol. The van der Waals surface area contributed by atoms with Crippen molar-refractivity contribution in [2.24, 2.45) is 5.92 Å². The molecule has 1 atom stereocenters. The minimum atomic E-state index is -0.479. The summed E-state index contributed by atoms with van der Waals surface area (Å²) in [6.45, 7) is 3.71. The van der Waals surface area contributed by atoms with E-state index in [1.54, 1.807) is 5.51 Å². The smallest absolute Gasteiger partial charge is 0.263 e. The average Bonchev–Trinajstić information content (AvgIpc) is 3.02. The van der Waals surface area contributed by atoms with E-state index in [2.05, 4.69) is 10.3 Å². The Bertz CT molecular complexity index is 400. The summed E-state index contributed by atoms with van der Waals surface area (Å²) in [5, 5.41) is 12.3. The number of carbonyl (C=O) groups is 1. The number of aryl methyl sites for hydroxylation is 1. The molecule has 0 aromatic carbocycles. The Balaban J connectivity index is 2.09. The summed E-state index contributed by atoms with van der Waals surface area (Å²) < 4.78 is 0. The molecule has 0 spiro atoms. The quantitative estimate of drug-likeness (QED) is 0.835. The van der Waals surface area contributed by atoms with Gasteiger partial charge in [-0.05, 0) is 32.6 Å². The van der Waals surface area contributed by atoms with Gasteiger partial charge in [-0.25, -0.2) is 4.98 Å². The van der Waals surface area contributed by atoms with Gasteiger partial charge in [0.25, 0.3) is 5.91 Å². The van der Waals surface area contributed by atoms with Gasteiger partial charge in [0.1, 0.15) is 4.88 Å². The first-order valence-corrected chi connectivity index (χ1v) is 6.28. The molecule has 0 aliphatic heterocycles. The van der Waals surface area contributed by atoms with E-state index in [4.69, 9.17) is 0 Å². The van der Waals surface area contributed by atoms with Gasteiger partial charge in [-0.3, -0.25) is 4.79 Å². The third-order valence-electron chi connectivity index (χ3n) is 3.16. The lowest BCUT2D eigenvalue weighted by Crippen LogP contribution is -2.50. The van der Waals surface area contributed by atoms with Gasteiger partial charge < -0.3 is 10.4 Å². The maximum atomic E-state index is 12.0. The van der Waals surface area contributed by atoms with Crippen LogP contribution < -0.4 is 5.32 Å². The largest absolute Gasteiger partial charge is 0.394 e. The SMILES string of the molecule is Cc1ncsc1C(=O)NC(C)(CO)C1CC1. The summed E-state index contributed by atoms with van der Waals surface area (Å²) in [5.41, 5.74) is 1.93. The van der Waals surface area contributed by atoms with Gasteiger partial charge in [0.2, 0.25) is 0 Å². The maximum absolute atomic E-state index is 12.0. The number of rotatable bonds is 4. The van der Waals surface area contributed by atoms with Crippen LogP contribution in [0.15, 0.2) is 5.51 Å². The van der Waals surface area contributed by atoms with Gasteiger partial charge in [-0.2, -0.15) is 0 Å². The van der Waals surface area contributed by atoms with Crippen molar-refractivity contribution in [2.75, 3.05) is 6.61 Å². The number of aliphatic hydroxyl groups excluding tert-OH is 1. The molecule has 16 heavy (non-hydrogen) atoms. The van der Waals surface area contributed by atoms with Crippen LogP contribution in [0.3, 0.4) is 0 Å². The second-order valence-corrected chi connectivity index (χ2v) is 5.43. The first-order chi connectivity index (χ1) is 7.57. The maximum Gasteiger partial charge on any atom is 0.263 e. The zero-order valence-corrected chi connectivity index (χ0v) is 10.3. The summed E-state index contributed by atoms with van der Waals surface area (Å²) in [4.78, 5) is 16.7. The number of hydrogen-bond donors (Lipinski definition) is 2. The van der Waals surface area contributed by atoms with E-state index in [9.17, 15) is 9.90 Å². The van der Waals surface area contributed by atoms with Crippen molar-refractivity contribution in [3.63, 3.8) is 0 Å². The molecule has 88 valence electrons. The number of amides is 1. The second kappa shape index (κ2) is 4.14. The zero-order chi connectivity index (χ0) is 11.8. The van der Waals surface area contributed by atoms with Crippen LogP contribution >= 0.6 is 11.3 Å². The van der Waals surface area contributed by atoms with Crippen LogP contribution in [0.25, 0.3) is 0 Å². The number of aliphatic hydroxyl groups is 1. The number of carbonyl (C=O) groups excluding carboxylic acids is 1. The lowest BCUT2D eigenvalue weighted by molar-refractivity contribution is 0.0828. The van der Waals surface area contributed by atoms with Crippen LogP contribution in [0.1, 0.15) is 35.1 Å². The lowest BCUT2D eigenvalue weighted by atomic mass is 9.97. The highest BCUT2D eigenvalue weighted by Gasteiger charge is 2.42. The summed E-state index contributed by atoms with van der Waals surface area (Å²) in [6, 6.07) is 0. The summed E-state index contributed by atoms with van der Waals surface area (Å²) in [7, 11) is 0. The molecule has 4 nitrogen and oxygen atoms in total. The van der Waals surface area contributed by atoms with Gasteiger partial charge in [-0.15, -0.1) is 11.3 Å². The monoisotopic (exact) mass is 240 g/mol. The van der Waals surface area contributed by atoms with Crippen molar-refractivity contribution in [1.82, 2.24) is 10.3 Å². The molecule has 1 heterocycles. The Morgan fingerprint density at radius 2 is 2.44 bits per heavy atom. The molecule has 1 aromatic heterocycles. The fourth-order valence-electron chi connectivity index (χ4n) is 1.83. The fourth-order valence-corrected chi connectivity index (χ4v) is 2.52. The van der Waals surface area contributed by atoms with E-state index >= 15 is 0 Å². The zero-order valence-electron chi connectivity index (χ0n) is 9.49. The van der Waals surface area contributed by atoms with Crippen molar-refractivity contribution in [2.45, 2.75) is 32.2 Å². The Morgan fingerprint density at radius 1 is 1.75 bits per heavy atom. The van der Waals surface area contributed by atoms with Crippen molar-refractivity contribution in [1.29, 1.82) is 0 Å². The first kappa shape index (κ1) is 11.5. The Hall–Kier alpha value is -0.940. The normalized spacial score (nSPS) is 19.2. The summed E-state index contributed by atoms with van der Waals surface area (Å²) in [6.07, 6.45) is 2.16. The van der Waals surface area contributed by atoms with Crippen LogP contribution in [-0.4, -0.2) is 28.1 Å². The predicted octanol–water partition coefficient (Wildman–Crippen LogP) is 1.34. The van der Waals surface area contributed by atoms with Crippen LogP contribution in [0.2, 0.25) is 0 Å². The van der Waals surface area contributed by atoms with Crippen LogP contribution in [0.4, 0.5) is 0 Å². The number of nitrogens with zero attached hydrogens (tertiary/aromatic N) is 1. The van der Waals surface area contributed by atoms with Gasteiger partial charge >= 0.3 is 0 Å². The first-order valence-electron chi connectivity index (χ1n) is 5.40. The fraction of sp³-hybridized carbons (Fsp3) is 0.636. The molecule has 1 amide bonds. The molecule has 0 saturated heterocycles. The Labute approximate surface area is 98.7 Å². The highest BCUT2D eigenvalue weighted by atomic mass is 32.1. The lowest BCUT2D eigenvalue weighted by Gasteiger charge is -2.28. The molecule has 1 fully saturated rings. The molecule has 2 N–H and O–H groups in total. The van der Waals surface area contributed by atoms with Gasteiger partial charge in [-0.1, -0.05) is 0 Å². The Morgan fingerprint density at radius 3 is 2.88 bits per heavy atom. The van der Waals surface area contributed by atoms with Gasteiger partial charge in [0.15, 0.2) is 0 Å². The van der Waals surface area contributed by atoms with E-state index in [-0.39, 0.29) is 12.5 Å². The molecule has 2 rings (SSSR count). The van der Waals surface area contributed by atoms with Crippen LogP contribution in [0, 0.1) is 12.8 Å². The number of hydrogen-bond acceptors (Lipinski definition) is 4. The minimum absolute atomic E-state index is 0.0126. The topological polar surface area (TPSA) is 62.2 Å². The molecule has 1 aliphatic rings. The highest BCUT2D eigenvalue weighted by molar-refractivity contribution is 7.11. The van der Waals surface area contributed by atoms with Crippen LogP contribution in [0.5, 0.6) is 0 Å². The number of nitrogens with one attached hydrogen (secondary N) is 1. The molecule has 1 saturated carbocycles. The van der Waals surface area contributed by atoms with Crippen molar-refractivity contribution < 1.29 is 9.90 Å². The van der Waals surface area contributed by atoms with Crippen LogP contribution in [-0.2, 0) is 0 Å². The molecule has 5 heteroatoms. The van der Waals surface area contributed by atoms with E-state index in [0.29, 0.717) is 10.8 Å². The summed E-state index contributed by atoms with van der Waals surface area (Å²) in [5.74, 6) is 0.290. The third kappa shape index (κ3) is 2.10. The Kier molecular flexibility index (Phi) is 2.99. The molecular formula is C11H16N2O2S. The molecule has 0 radical (unpaired) electrons. The number of thiazole rings is 1. The molecule has 1 aromatic rings. The summed E-state index contributed by atoms with van der Waals surface area (Å²) >= 11 is 1.34. The number of aromatic nitrogens is 1. The van der Waals surface area contributed by atoms with E-state index in [1.807, 2.05) is 13.8 Å². The molecule has 0 bridgehead atoms. The minimum Gasteiger partial charge on any atom is -0.394 e.